The van der Waals surface area contributed by atoms with Gasteiger partial charge in [-0.25, -0.2) is 4.98 Å². The van der Waals surface area contributed by atoms with Crippen molar-refractivity contribution in [2.45, 2.75) is 11.8 Å². The van der Waals surface area contributed by atoms with Crippen molar-refractivity contribution in [3.63, 3.8) is 0 Å². The molecule has 102 valence electrons. The molecule has 0 radical (unpaired) electrons. The van der Waals surface area contributed by atoms with Gasteiger partial charge < -0.3 is 10.7 Å². The molecule has 0 saturated carbocycles. The molecule has 4 N–H and O–H groups in total. The van der Waals surface area contributed by atoms with Crippen LogP contribution in [-0.2, 0) is 10.1 Å². The number of nitrogens with zero attached hydrogens (tertiary/aromatic N) is 1. The smallest absolute Gasteiger partial charge is 0.294 e. The predicted octanol–water partition coefficient (Wildman–Crippen LogP) is 0.750. The molecule has 0 bridgehead atoms. The summed E-state index contributed by atoms with van der Waals surface area (Å²) >= 11 is 0. The Morgan fingerprint density at radius 3 is 2.21 bits per heavy atom. The van der Waals surface area contributed by atoms with Crippen LogP contribution in [0, 0.1) is 6.92 Å². The van der Waals surface area contributed by atoms with Crippen molar-refractivity contribution in [2.24, 2.45) is 5.73 Å². The summed E-state index contributed by atoms with van der Waals surface area (Å²) in [6.07, 6.45) is 2.78. The number of aromatic nitrogens is 2. The van der Waals surface area contributed by atoms with Crippen molar-refractivity contribution in [1.82, 2.24) is 9.97 Å². The fourth-order valence-corrected chi connectivity index (χ4v) is 1.58. The largest absolute Gasteiger partial charge is 0.364 e. The normalized spacial score (nSPS) is 10.4. The number of carbonyl (C=O) groups is 1. The Morgan fingerprint density at radius 2 is 1.89 bits per heavy atom. The standard InChI is InChI=1S/C7H8O3S.C4H5N3O/c1-6-2-4-7(5-3-6)11(8,9)10;5-4(8)3-1-6-2-7-3/h2-5H,1H3,(H,8,9,10);1-2H,(H2,5,8)(H,6,7). The maximum atomic E-state index is 10.5. The number of aromatic amines is 1. The molecular weight excluding hydrogens is 270 g/mol. The van der Waals surface area contributed by atoms with Crippen LogP contribution in [0.25, 0.3) is 0 Å². The third-order valence-corrected chi connectivity index (χ3v) is 2.95. The number of imidazole rings is 1. The lowest BCUT2D eigenvalue weighted by Gasteiger charge is -1.95. The first kappa shape index (κ1) is 14.9. The van der Waals surface area contributed by atoms with Gasteiger partial charge in [-0.05, 0) is 19.1 Å². The fourth-order valence-electron chi connectivity index (χ4n) is 1.10. The monoisotopic (exact) mass is 283 g/mol. The topological polar surface area (TPSA) is 126 Å². The summed E-state index contributed by atoms with van der Waals surface area (Å²) in [4.78, 5) is 16.3. The molecule has 1 aromatic heterocycles. The van der Waals surface area contributed by atoms with Crippen molar-refractivity contribution in [2.75, 3.05) is 0 Å². The lowest BCUT2D eigenvalue weighted by Crippen LogP contribution is -2.10. The van der Waals surface area contributed by atoms with Crippen LogP contribution in [0.1, 0.15) is 16.1 Å². The van der Waals surface area contributed by atoms with E-state index in [1.165, 1.54) is 24.7 Å². The molecule has 0 atom stereocenters. The van der Waals surface area contributed by atoms with Gasteiger partial charge in [-0.1, -0.05) is 17.7 Å². The first-order valence-corrected chi connectivity index (χ1v) is 6.57. The van der Waals surface area contributed by atoms with E-state index >= 15 is 0 Å². The van der Waals surface area contributed by atoms with Crippen LogP contribution in [0.2, 0.25) is 0 Å². The Hall–Kier alpha value is -2.19. The molecule has 8 heteroatoms. The van der Waals surface area contributed by atoms with Crippen molar-refractivity contribution in [1.29, 1.82) is 0 Å². The molecule has 1 aromatic carbocycles. The minimum Gasteiger partial charge on any atom is -0.364 e. The molecule has 2 rings (SSSR count). The van der Waals surface area contributed by atoms with Crippen molar-refractivity contribution in [3.8, 4) is 0 Å². The molecule has 7 nitrogen and oxygen atoms in total. The molecule has 0 aliphatic carbocycles. The highest BCUT2D eigenvalue weighted by Gasteiger charge is 2.06. The summed E-state index contributed by atoms with van der Waals surface area (Å²) in [6.45, 7) is 1.84. The second kappa shape index (κ2) is 6.12. The predicted molar refractivity (Wildman–Crippen MR) is 68.1 cm³/mol. The van der Waals surface area contributed by atoms with Crippen LogP contribution in [0.5, 0.6) is 0 Å². The summed E-state index contributed by atoms with van der Waals surface area (Å²) < 4.78 is 29.6. The number of amides is 1. The molecular formula is C11H13N3O4S. The maximum absolute atomic E-state index is 10.5. The lowest BCUT2D eigenvalue weighted by molar-refractivity contribution is 0.0996. The van der Waals surface area contributed by atoms with Gasteiger partial charge in [0.15, 0.2) is 0 Å². The van der Waals surface area contributed by atoms with Gasteiger partial charge in [0.2, 0.25) is 0 Å². The minimum atomic E-state index is -4.02. The number of nitrogens with one attached hydrogen (secondary N) is 1. The third-order valence-electron chi connectivity index (χ3n) is 2.08. The lowest BCUT2D eigenvalue weighted by atomic mass is 10.2. The van der Waals surface area contributed by atoms with Gasteiger partial charge in [0.25, 0.3) is 16.0 Å². The molecule has 0 fully saturated rings. The summed E-state index contributed by atoms with van der Waals surface area (Å²) in [5.74, 6) is -0.484. The highest BCUT2D eigenvalue weighted by Crippen LogP contribution is 2.08. The van der Waals surface area contributed by atoms with E-state index in [4.69, 9.17) is 10.3 Å². The fraction of sp³-hybridized carbons (Fsp3) is 0.0909. The van der Waals surface area contributed by atoms with Gasteiger partial charge in [0.05, 0.1) is 17.4 Å². The Bertz CT molecular complexity index is 633. The van der Waals surface area contributed by atoms with Gasteiger partial charge in [-0.3, -0.25) is 9.35 Å². The highest BCUT2D eigenvalue weighted by atomic mass is 32.2. The van der Waals surface area contributed by atoms with Crippen LogP contribution in [0.4, 0.5) is 0 Å². The second-order valence-corrected chi connectivity index (χ2v) is 5.04. The Balaban J connectivity index is 0.000000200. The van der Waals surface area contributed by atoms with E-state index in [1.54, 1.807) is 12.1 Å². The number of hydrogen-bond donors (Lipinski definition) is 3. The third kappa shape index (κ3) is 4.90. The van der Waals surface area contributed by atoms with E-state index in [1.807, 2.05) is 6.92 Å². The summed E-state index contributed by atoms with van der Waals surface area (Å²) in [5.41, 5.74) is 6.14. The van der Waals surface area contributed by atoms with E-state index in [9.17, 15) is 13.2 Å². The van der Waals surface area contributed by atoms with Gasteiger partial charge in [-0.2, -0.15) is 8.42 Å². The molecule has 19 heavy (non-hydrogen) atoms. The molecule has 1 amide bonds. The molecule has 0 aliphatic heterocycles. The van der Waals surface area contributed by atoms with E-state index in [0.29, 0.717) is 5.69 Å². The van der Waals surface area contributed by atoms with Crippen molar-refractivity contribution in [3.05, 3.63) is 48.0 Å². The number of carbonyl (C=O) groups excluding carboxylic acids is 1. The number of nitrogens with two attached hydrogens (primary N) is 1. The van der Waals surface area contributed by atoms with Gasteiger partial charge >= 0.3 is 0 Å². The Labute approximate surface area is 110 Å². The number of H-pyrrole nitrogens is 1. The van der Waals surface area contributed by atoms with Crippen molar-refractivity contribution < 1.29 is 17.8 Å². The van der Waals surface area contributed by atoms with Crippen LogP contribution in [0.15, 0.2) is 41.7 Å². The summed E-state index contributed by atoms with van der Waals surface area (Å²) in [6, 6.07) is 5.99. The number of rotatable bonds is 2. The molecule has 0 aliphatic rings. The number of hydrogen-bond acceptors (Lipinski definition) is 4. The molecule has 0 spiro atoms. The number of aryl methyl sites for hydroxylation is 1. The molecule has 1 heterocycles. The average molecular weight is 283 g/mol. The van der Waals surface area contributed by atoms with E-state index < -0.39 is 16.0 Å². The average Bonchev–Trinajstić information content (AvgIpc) is 2.82. The Kier molecular flexibility index (Phi) is 4.79. The van der Waals surface area contributed by atoms with Gasteiger partial charge in [0.1, 0.15) is 5.69 Å². The van der Waals surface area contributed by atoms with Crippen molar-refractivity contribution >= 4 is 16.0 Å². The zero-order valence-corrected chi connectivity index (χ0v) is 10.9. The summed E-state index contributed by atoms with van der Waals surface area (Å²) in [5, 5.41) is 0. The van der Waals surface area contributed by atoms with Gasteiger partial charge in [0, 0.05) is 0 Å². The van der Waals surface area contributed by atoms with Crippen LogP contribution >= 0.6 is 0 Å². The van der Waals surface area contributed by atoms with E-state index in [2.05, 4.69) is 9.97 Å². The van der Waals surface area contributed by atoms with Gasteiger partial charge in [-0.15, -0.1) is 0 Å². The molecule has 0 saturated heterocycles. The van der Waals surface area contributed by atoms with Crippen LogP contribution < -0.4 is 5.73 Å². The minimum absolute atomic E-state index is 0.0666. The number of benzene rings is 1. The quantitative estimate of drug-likeness (QED) is 0.701. The SMILES string of the molecule is Cc1ccc(S(=O)(=O)O)cc1.NC(=O)c1cnc[nH]1. The Morgan fingerprint density at radius 1 is 1.32 bits per heavy atom. The molecule has 2 aromatic rings. The van der Waals surface area contributed by atoms with Crippen LogP contribution in [-0.4, -0.2) is 28.8 Å². The zero-order chi connectivity index (χ0) is 14.5. The second-order valence-electron chi connectivity index (χ2n) is 3.62. The first-order chi connectivity index (χ1) is 8.80. The van der Waals surface area contributed by atoms with E-state index in [-0.39, 0.29) is 4.90 Å². The summed E-state index contributed by atoms with van der Waals surface area (Å²) in [7, 11) is -4.02. The zero-order valence-electron chi connectivity index (χ0n) is 10.1. The molecule has 0 unspecified atom stereocenters. The van der Waals surface area contributed by atoms with E-state index in [0.717, 1.165) is 5.56 Å². The maximum Gasteiger partial charge on any atom is 0.294 e. The highest BCUT2D eigenvalue weighted by molar-refractivity contribution is 7.85. The first-order valence-electron chi connectivity index (χ1n) is 5.13. The van der Waals surface area contributed by atoms with Crippen LogP contribution in [0.3, 0.4) is 0 Å². The number of primary amides is 1.